The molecule has 2 aromatic rings. The summed E-state index contributed by atoms with van der Waals surface area (Å²) >= 11 is 0. The number of carbonyl (C=O) groups excluding carboxylic acids is 1. The Balaban J connectivity index is 1.34. The molecule has 1 N–H and O–H groups in total. The van der Waals surface area contributed by atoms with Gasteiger partial charge in [0.1, 0.15) is 13.2 Å². The summed E-state index contributed by atoms with van der Waals surface area (Å²) in [4.78, 5) is 15.9. The molecule has 0 aromatic heterocycles. The Morgan fingerprint density at radius 3 is 2.37 bits per heavy atom. The summed E-state index contributed by atoms with van der Waals surface area (Å²) in [6, 6.07) is 14.9. The van der Waals surface area contributed by atoms with E-state index in [1.807, 2.05) is 13.0 Å². The monoisotopic (exact) mass is 409 g/mol. The zero-order valence-corrected chi connectivity index (χ0v) is 18.1. The predicted octanol–water partition coefficient (Wildman–Crippen LogP) is 4.17. The molecule has 0 aliphatic carbocycles. The maximum absolute atomic E-state index is 11.9. The standard InChI is InChI=1S/C24H31N3O3/c1-17(25-24(28)26(2)3)18-4-6-19(7-5-18)20-10-12-27(13-11-20)21-8-9-22-23(16-21)30-15-14-29-22/h4-9,16-17,20H,10-15H2,1-3H3,(H,25,28). The van der Waals surface area contributed by atoms with Crippen LogP contribution in [-0.2, 0) is 0 Å². The molecule has 4 rings (SSSR count). The second kappa shape index (κ2) is 8.86. The van der Waals surface area contributed by atoms with Gasteiger partial charge in [-0.15, -0.1) is 0 Å². The first-order valence-corrected chi connectivity index (χ1v) is 10.7. The Hall–Kier alpha value is -2.89. The molecule has 6 nitrogen and oxygen atoms in total. The zero-order chi connectivity index (χ0) is 21.1. The highest BCUT2D eigenvalue weighted by atomic mass is 16.6. The number of fused-ring (bicyclic) bond motifs is 1. The lowest BCUT2D eigenvalue weighted by Gasteiger charge is -2.34. The van der Waals surface area contributed by atoms with Crippen molar-refractivity contribution in [3.8, 4) is 11.5 Å². The molecule has 0 saturated carbocycles. The van der Waals surface area contributed by atoms with E-state index in [0.29, 0.717) is 19.1 Å². The maximum atomic E-state index is 11.9. The summed E-state index contributed by atoms with van der Waals surface area (Å²) in [6.45, 7) is 5.31. The van der Waals surface area contributed by atoms with Crippen molar-refractivity contribution >= 4 is 11.7 Å². The highest BCUT2D eigenvalue weighted by Crippen LogP contribution is 2.36. The number of anilines is 1. The highest BCUT2D eigenvalue weighted by Gasteiger charge is 2.22. The van der Waals surface area contributed by atoms with Crippen LogP contribution < -0.4 is 19.7 Å². The van der Waals surface area contributed by atoms with Crippen molar-refractivity contribution < 1.29 is 14.3 Å². The Kier molecular flexibility index (Phi) is 6.02. The van der Waals surface area contributed by atoms with Crippen molar-refractivity contribution in [2.45, 2.75) is 31.7 Å². The van der Waals surface area contributed by atoms with E-state index in [9.17, 15) is 4.79 Å². The lowest BCUT2D eigenvalue weighted by molar-refractivity contribution is 0.171. The van der Waals surface area contributed by atoms with Gasteiger partial charge in [0.05, 0.1) is 6.04 Å². The SMILES string of the molecule is CC(NC(=O)N(C)C)c1ccc(C2CCN(c3ccc4c(c3)OCCO4)CC2)cc1. The fraction of sp³-hybridized carbons (Fsp3) is 0.458. The third-order valence-corrected chi connectivity index (χ3v) is 6.04. The van der Waals surface area contributed by atoms with Crippen molar-refractivity contribution in [2.24, 2.45) is 0 Å². The largest absolute Gasteiger partial charge is 0.486 e. The van der Waals surface area contributed by atoms with Gasteiger partial charge < -0.3 is 24.6 Å². The number of rotatable bonds is 4. The molecule has 1 atom stereocenters. The van der Waals surface area contributed by atoms with Crippen molar-refractivity contribution in [1.29, 1.82) is 0 Å². The number of benzene rings is 2. The summed E-state index contributed by atoms with van der Waals surface area (Å²) in [5.74, 6) is 2.27. The molecule has 1 unspecified atom stereocenters. The van der Waals surface area contributed by atoms with E-state index < -0.39 is 0 Å². The van der Waals surface area contributed by atoms with E-state index in [1.54, 1.807) is 19.0 Å². The number of nitrogens with one attached hydrogen (secondary N) is 1. The lowest BCUT2D eigenvalue weighted by Crippen LogP contribution is -2.36. The van der Waals surface area contributed by atoms with E-state index in [0.717, 1.165) is 43.0 Å². The summed E-state index contributed by atoms with van der Waals surface area (Å²) in [5, 5.41) is 3.00. The lowest BCUT2D eigenvalue weighted by atomic mass is 9.88. The maximum Gasteiger partial charge on any atom is 0.317 e. The number of urea groups is 1. The predicted molar refractivity (Wildman–Crippen MR) is 119 cm³/mol. The van der Waals surface area contributed by atoms with Gasteiger partial charge in [-0.2, -0.15) is 0 Å². The summed E-state index contributed by atoms with van der Waals surface area (Å²) in [5.41, 5.74) is 3.72. The number of nitrogens with zero attached hydrogens (tertiary/aromatic N) is 2. The third kappa shape index (κ3) is 4.48. The smallest absolute Gasteiger partial charge is 0.317 e. The van der Waals surface area contributed by atoms with Gasteiger partial charge in [0.15, 0.2) is 11.5 Å². The van der Waals surface area contributed by atoms with Gasteiger partial charge >= 0.3 is 6.03 Å². The zero-order valence-electron chi connectivity index (χ0n) is 18.1. The van der Waals surface area contributed by atoms with E-state index in [1.165, 1.54) is 11.3 Å². The highest BCUT2D eigenvalue weighted by molar-refractivity contribution is 5.74. The molecular weight excluding hydrogens is 378 g/mol. The topological polar surface area (TPSA) is 54.0 Å². The van der Waals surface area contributed by atoms with Gasteiger partial charge in [-0.3, -0.25) is 0 Å². The number of carbonyl (C=O) groups is 1. The molecule has 160 valence electrons. The number of amides is 2. The van der Waals surface area contributed by atoms with Crippen LogP contribution in [0.2, 0.25) is 0 Å². The van der Waals surface area contributed by atoms with Crippen LogP contribution in [0.25, 0.3) is 0 Å². The third-order valence-electron chi connectivity index (χ3n) is 6.04. The molecule has 2 heterocycles. The molecule has 2 aliphatic heterocycles. The summed E-state index contributed by atoms with van der Waals surface area (Å²) in [7, 11) is 3.50. The first kappa shape index (κ1) is 20.4. The van der Waals surface area contributed by atoms with Crippen LogP contribution in [0.3, 0.4) is 0 Å². The molecule has 2 aliphatic rings. The first-order chi connectivity index (χ1) is 14.5. The molecule has 0 bridgehead atoms. The Bertz CT molecular complexity index is 874. The molecule has 2 aromatic carbocycles. The Morgan fingerprint density at radius 2 is 1.70 bits per heavy atom. The summed E-state index contributed by atoms with van der Waals surface area (Å²) < 4.78 is 11.4. The normalized spacial score (nSPS) is 17.4. The van der Waals surface area contributed by atoms with Gasteiger partial charge in [0.2, 0.25) is 0 Å². The number of ether oxygens (including phenoxy) is 2. The first-order valence-electron chi connectivity index (χ1n) is 10.7. The van der Waals surface area contributed by atoms with Crippen LogP contribution in [0.1, 0.15) is 42.9 Å². The van der Waals surface area contributed by atoms with Crippen molar-refractivity contribution in [3.05, 3.63) is 53.6 Å². The molecule has 1 saturated heterocycles. The van der Waals surface area contributed by atoms with Crippen LogP contribution in [0.15, 0.2) is 42.5 Å². The van der Waals surface area contributed by atoms with E-state index in [2.05, 4.69) is 46.6 Å². The minimum atomic E-state index is -0.0712. The minimum Gasteiger partial charge on any atom is -0.486 e. The molecule has 1 fully saturated rings. The van der Waals surface area contributed by atoms with Crippen molar-refractivity contribution in [2.75, 3.05) is 45.3 Å². The van der Waals surface area contributed by atoms with E-state index >= 15 is 0 Å². The Labute approximate surface area is 178 Å². The quantitative estimate of drug-likeness (QED) is 0.823. The number of hydrogen-bond donors (Lipinski definition) is 1. The molecule has 0 spiro atoms. The van der Waals surface area contributed by atoms with Crippen LogP contribution in [0.4, 0.5) is 10.5 Å². The second-order valence-electron chi connectivity index (χ2n) is 8.32. The molecule has 30 heavy (non-hydrogen) atoms. The van der Waals surface area contributed by atoms with E-state index in [4.69, 9.17) is 9.47 Å². The average Bonchev–Trinajstić information content (AvgIpc) is 2.79. The molecule has 0 radical (unpaired) electrons. The number of piperidine rings is 1. The molecule has 6 heteroatoms. The van der Waals surface area contributed by atoms with Gasteiger partial charge in [-0.05, 0) is 48.9 Å². The van der Waals surface area contributed by atoms with Gasteiger partial charge in [0, 0.05) is 38.9 Å². The van der Waals surface area contributed by atoms with Crippen LogP contribution >= 0.6 is 0 Å². The average molecular weight is 410 g/mol. The van der Waals surface area contributed by atoms with Crippen molar-refractivity contribution in [3.63, 3.8) is 0 Å². The van der Waals surface area contributed by atoms with Crippen molar-refractivity contribution in [1.82, 2.24) is 10.2 Å². The molecule has 2 amide bonds. The summed E-state index contributed by atoms with van der Waals surface area (Å²) in [6.07, 6.45) is 2.25. The van der Waals surface area contributed by atoms with Gasteiger partial charge in [-0.25, -0.2) is 4.79 Å². The fourth-order valence-corrected chi connectivity index (χ4v) is 4.15. The second-order valence-corrected chi connectivity index (χ2v) is 8.32. The van der Waals surface area contributed by atoms with Crippen LogP contribution in [-0.4, -0.2) is 51.3 Å². The van der Waals surface area contributed by atoms with E-state index in [-0.39, 0.29) is 12.1 Å². The van der Waals surface area contributed by atoms with Crippen LogP contribution in [0, 0.1) is 0 Å². The minimum absolute atomic E-state index is 0.00833. The fourth-order valence-electron chi connectivity index (χ4n) is 4.15. The van der Waals surface area contributed by atoms with Gasteiger partial charge in [0.25, 0.3) is 0 Å². The Morgan fingerprint density at radius 1 is 1.03 bits per heavy atom. The van der Waals surface area contributed by atoms with Crippen LogP contribution in [0.5, 0.6) is 11.5 Å². The number of hydrogen-bond acceptors (Lipinski definition) is 4. The van der Waals surface area contributed by atoms with Gasteiger partial charge in [-0.1, -0.05) is 24.3 Å². The molecular formula is C24H31N3O3.